The largest absolute Gasteiger partial charge is 0.316 e. The van der Waals surface area contributed by atoms with E-state index in [9.17, 15) is 10.1 Å². The number of nitriles is 1. The highest BCUT2D eigenvalue weighted by atomic mass is 32.1. The number of benzene rings is 2. The molecule has 1 heterocycles. The van der Waals surface area contributed by atoms with Crippen molar-refractivity contribution in [2.75, 3.05) is 5.32 Å². The van der Waals surface area contributed by atoms with Gasteiger partial charge >= 0.3 is 0 Å². The number of carbonyl (C=O) groups is 1. The second-order valence-electron chi connectivity index (χ2n) is 8.96. The van der Waals surface area contributed by atoms with E-state index >= 15 is 0 Å². The molecular weight excluding hydrogens is 388 g/mol. The van der Waals surface area contributed by atoms with Crippen LogP contribution < -0.4 is 5.32 Å². The maximum absolute atomic E-state index is 12.9. The number of hydrogen-bond donors (Lipinski definition) is 1. The van der Waals surface area contributed by atoms with Crippen LogP contribution in [0.4, 0.5) is 5.00 Å². The first-order chi connectivity index (χ1) is 14.4. The summed E-state index contributed by atoms with van der Waals surface area (Å²) in [6.45, 7) is 6.94. The van der Waals surface area contributed by atoms with Gasteiger partial charge in [0.2, 0.25) is 5.91 Å². The smallest absolute Gasteiger partial charge is 0.229 e. The molecule has 1 unspecified atom stereocenters. The van der Waals surface area contributed by atoms with E-state index in [0.29, 0.717) is 23.3 Å². The molecule has 0 aliphatic heterocycles. The van der Waals surface area contributed by atoms with Gasteiger partial charge in [-0.05, 0) is 52.5 Å². The number of anilines is 1. The molecule has 154 valence electrons. The Bertz CT molecular complexity index is 1130. The Morgan fingerprint density at radius 3 is 2.77 bits per heavy atom. The van der Waals surface area contributed by atoms with Crippen LogP contribution in [0.25, 0.3) is 10.8 Å². The van der Waals surface area contributed by atoms with E-state index in [1.165, 1.54) is 4.88 Å². The van der Waals surface area contributed by atoms with Gasteiger partial charge in [0.1, 0.15) is 11.1 Å². The number of hydrogen-bond acceptors (Lipinski definition) is 3. The van der Waals surface area contributed by atoms with Gasteiger partial charge in [0.15, 0.2) is 0 Å². The molecule has 3 aromatic rings. The number of fused-ring (bicyclic) bond motifs is 2. The quantitative estimate of drug-likeness (QED) is 0.516. The van der Waals surface area contributed by atoms with Crippen LogP contribution in [-0.4, -0.2) is 5.91 Å². The Hall–Kier alpha value is -2.64. The third-order valence-corrected chi connectivity index (χ3v) is 8.05. The van der Waals surface area contributed by atoms with Crippen molar-refractivity contribution in [1.82, 2.24) is 0 Å². The molecule has 4 heteroatoms. The van der Waals surface area contributed by atoms with Crippen molar-refractivity contribution in [3.05, 3.63) is 64.0 Å². The van der Waals surface area contributed by atoms with Crippen LogP contribution in [0.2, 0.25) is 0 Å². The van der Waals surface area contributed by atoms with Gasteiger partial charge < -0.3 is 5.32 Å². The summed E-state index contributed by atoms with van der Waals surface area (Å²) < 4.78 is 0. The van der Waals surface area contributed by atoms with E-state index in [4.69, 9.17) is 0 Å². The lowest BCUT2D eigenvalue weighted by molar-refractivity contribution is -0.115. The molecule has 1 atom stereocenters. The van der Waals surface area contributed by atoms with Gasteiger partial charge in [0, 0.05) is 4.88 Å². The normalized spacial score (nSPS) is 16.1. The Labute approximate surface area is 182 Å². The van der Waals surface area contributed by atoms with Gasteiger partial charge in [0.25, 0.3) is 0 Å². The van der Waals surface area contributed by atoms with Crippen LogP contribution in [0.15, 0.2) is 42.5 Å². The predicted molar refractivity (Wildman–Crippen MR) is 125 cm³/mol. The van der Waals surface area contributed by atoms with Crippen molar-refractivity contribution in [2.24, 2.45) is 11.3 Å². The molecule has 1 N–H and O–H groups in total. The number of nitrogens with zero attached hydrogens (tertiary/aromatic N) is 1. The third kappa shape index (κ3) is 3.87. The standard InChI is InChI=1S/C26H28N2OS/c1-4-26(2,3)19-12-13-21-22(16-27)25(30-23(21)15-19)28-24(29)14-18-10-7-9-17-8-5-6-11-20(17)18/h5-11,19H,4,12-15H2,1-3H3,(H,28,29). The van der Waals surface area contributed by atoms with Crippen molar-refractivity contribution < 1.29 is 4.79 Å². The maximum atomic E-state index is 12.9. The number of amides is 1. The third-order valence-electron chi connectivity index (χ3n) is 6.88. The second-order valence-corrected chi connectivity index (χ2v) is 10.1. The zero-order valence-corrected chi connectivity index (χ0v) is 18.7. The van der Waals surface area contributed by atoms with Crippen molar-refractivity contribution >= 4 is 33.0 Å². The Kier molecular flexibility index (Phi) is 5.66. The molecule has 30 heavy (non-hydrogen) atoms. The summed E-state index contributed by atoms with van der Waals surface area (Å²) in [6.07, 6.45) is 4.51. The molecule has 0 saturated carbocycles. The average molecular weight is 417 g/mol. The fourth-order valence-corrected chi connectivity index (χ4v) is 5.83. The molecule has 1 amide bonds. The minimum absolute atomic E-state index is 0.0631. The fraction of sp³-hybridized carbons (Fsp3) is 0.385. The summed E-state index contributed by atoms with van der Waals surface area (Å²) >= 11 is 1.60. The molecular formula is C26H28N2OS. The minimum Gasteiger partial charge on any atom is -0.316 e. The number of nitrogens with one attached hydrogen (secondary N) is 1. The second kappa shape index (κ2) is 8.24. The first-order valence-corrected chi connectivity index (χ1v) is 11.6. The van der Waals surface area contributed by atoms with Crippen molar-refractivity contribution in [3.63, 3.8) is 0 Å². The average Bonchev–Trinajstić information content (AvgIpc) is 3.09. The molecule has 0 spiro atoms. The van der Waals surface area contributed by atoms with Gasteiger partial charge in [-0.2, -0.15) is 5.26 Å². The number of thiophene rings is 1. The van der Waals surface area contributed by atoms with E-state index in [1.54, 1.807) is 11.3 Å². The van der Waals surface area contributed by atoms with Crippen LogP contribution >= 0.6 is 11.3 Å². The summed E-state index contributed by atoms with van der Waals surface area (Å²) in [5, 5.41) is 15.8. The fourth-order valence-electron chi connectivity index (χ4n) is 4.54. The summed E-state index contributed by atoms with van der Waals surface area (Å²) in [4.78, 5) is 14.1. The van der Waals surface area contributed by atoms with Crippen LogP contribution in [0.3, 0.4) is 0 Å². The van der Waals surface area contributed by atoms with Crippen LogP contribution in [-0.2, 0) is 24.1 Å². The Morgan fingerprint density at radius 1 is 1.23 bits per heavy atom. The predicted octanol–water partition coefficient (Wildman–Crippen LogP) is 6.50. The molecule has 1 aromatic heterocycles. The van der Waals surface area contributed by atoms with Crippen LogP contribution in [0.1, 0.15) is 55.2 Å². The molecule has 2 aromatic carbocycles. The van der Waals surface area contributed by atoms with E-state index in [0.717, 1.165) is 52.6 Å². The first-order valence-electron chi connectivity index (χ1n) is 10.7. The Morgan fingerprint density at radius 2 is 2.00 bits per heavy atom. The molecule has 3 nitrogen and oxygen atoms in total. The van der Waals surface area contributed by atoms with Gasteiger partial charge in [-0.3, -0.25) is 4.79 Å². The van der Waals surface area contributed by atoms with E-state index in [-0.39, 0.29) is 5.91 Å². The summed E-state index contributed by atoms with van der Waals surface area (Å²) in [7, 11) is 0. The maximum Gasteiger partial charge on any atom is 0.229 e. The summed E-state index contributed by atoms with van der Waals surface area (Å²) in [5.74, 6) is 0.561. The highest BCUT2D eigenvalue weighted by Crippen LogP contribution is 2.45. The monoisotopic (exact) mass is 416 g/mol. The van der Waals surface area contributed by atoms with Crippen LogP contribution in [0, 0.1) is 22.7 Å². The highest BCUT2D eigenvalue weighted by molar-refractivity contribution is 7.16. The molecule has 4 rings (SSSR count). The molecule has 0 bridgehead atoms. The van der Waals surface area contributed by atoms with Crippen LogP contribution in [0.5, 0.6) is 0 Å². The molecule has 1 aliphatic rings. The van der Waals surface area contributed by atoms with Gasteiger partial charge in [-0.15, -0.1) is 11.3 Å². The first kappa shape index (κ1) is 20.6. The SMILES string of the molecule is CCC(C)(C)C1CCc2c(sc(NC(=O)Cc3cccc4ccccc34)c2C#N)C1. The van der Waals surface area contributed by atoms with Gasteiger partial charge in [-0.1, -0.05) is 69.7 Å². The Balaban J connectivity index is 1.55. The zero-order chi connectivity index (χ0) is 21.3. The van der Waals surface area contributed by atoms with E-state index < -0.39 is 0 Å². The zero-order valence-electron chi connectivity index (χ0n) is 17.9. The van der Waals surface area contributed by atoms with E-state index in [1.807, 2.05) is 24.3 Å². The topological polar surface area (TPSA) is 52.9 Å². The summed E-state index contributed by atoms with van der Waals surface area (Å²) in [5.41, 5.74) is 3.14. The highest BCUT2D eigenvalue weighted by Gasteiger charge is 2.34. The molecule has 0 fully saturated rings. The lowest BCUT2D eigenvalue weighted by Crippen LogP contribution is -2.28. The van der Waals surface area contributed by atoms with E-state index in [2.05, 4.69) is 50.4 Å². The van der Waals surface area contributed by atoms with Crippen molar-refractivity contribution in [1.29, 1.82) is 5.26 Å². The summed E-state index contributed by atoms with van der Waals surface area (Å²) in [6, 6.07) is 16.5. The number of rotatable bonds is 5. The molecule has 1 aliphatic carbocycles. The van der Waals surface area contributed by atoms with Gasteiger partial charge in [0.05, 0.1) is 12.0 Å². The van der Waals surface area contributed by atoms with Gasteiger partial charge in [-0.25, -0.2) is 0 Å². The minimum atomic E-state index is -0.0631. The molecule has 0 radical (unpaired) electrons. The van der Waals surface area contributed by atoms with Crippen molar-refractivity contribution in [2.45, 2.75) is 52.9 Å². The lowest BCUT2D eigenvalue weighted by atomic mass is 9.69. The lowest BCUT2D eigenvalue weighted by Gasteiger charge is -2.36. The van der Waals surface area contributed by atoms with Crippen molar-refractivity contribution in [3.8, 4) is 6.07 Å². The molecule has 0 saturated heterocycles. The number of carbonyl (C=O) groups excluding carboxylic acids is 1.